The third-order valence-electron chi connectivity index (χ3n) is 6.39. The Bertz CT molecular complexity index is 636. The second kappa shape index (κ2) is 8.61. The maximum Gasteiger partial charge on any atom is 0.253 e. The van der Waals surface area contributed by atoms with Crippen LogP contribution in [0.4, 0.5) is 0 Å². The highest BCUT2D eigenvalue weighted by Crippen LogP contribution is 2.29. The van der Waals surface area contributed by atoms with Crippen LogP contribution in [0.3, 0.4) is 0 Å². The summed E-state index contributed by atoms with van der Waals surface area (Å²) in [4.78, 5) is 14.9. The maximum atomic E-state index is 12.9. The first-order valence-electron chi connectivity index (χ1n) is 10.6. The van der Waals surface area contributed by atoms with Crippen LogP contribution in [0.5, 0.6) is 5.75 Å². The number of hydrogen-bond acceptors (Lipinski definition) is 4. The van der Waals surface area contributed by atoms with Gasteiger partial charge in [0.1, 0.15) is 5.75 Å². The van der Waals surface area contributed by atoms with E-state index < -0.39 is 0 Å². The van der Waals surface area contributed by atoms with E-state index in [1.165, 1.54) is 12.8 Å². The van der Waals surface area contributed by atoms with Gasteiger partial charge in [0.05, 0.1) is 12.2 Å². The van der Waals surface area contributed by atoms with Crippen LogP contribution in [0.2, 0.25) is 0 Å². The van der Waals surface area contributed by atoms with E-state index in [4.69, 9.17) is 15.2 Å². The highest BCUT2D eigenvalue weighted by atomic mass is 16.5. The fraction of sp³-hybridized carbons (Fsp3) is 0.682. The molecule has 0 bridgehead atoms. The minimum atomic E-state index is 0.117. The van der Waals surface area contributed by atoms with E-state index in [-0.39, 0.29) is 18.1 Å². The molecule has 0 radical (unpaired) electrons. The molecular weight excluding hydrogens is 340 g/mol. The average molecular weight is 373 g/mol. The van der Waals surface area contributed by atoms with Crippen molar-refractivity contribution in [1.82, 2.24) is 4.90 Å². The van der Waals surface area contributed by atoms with Crippen LogP contribution in [-0.4, -0.2) is 48.8 Å². The van der Waals surface area contributed by atoms with Crippen molar-refractivity contribution in [3.8, 4) is 5.75 Å². The molecule has 2 atom stereocenters. The highest BCUT2D eigenvalue weighted by molar-refractivity contribution is 5.94. The topological polar surface area (TPSA) is 64.8 Å². The van der Waals surface area contributed by atoms with E-state index >= 15 is 0 Å². The van der Waals surface area contributed by atoms with Crippen molar-refractivity contribution in [2.45, 2.75) is 69.6 Å². The maximum absolute atomic E-state index is 12.9. The molecule has 3 fully saturated rings. The van der Waals surface area contributed by atoms with Gasteiger partial charge in [0.25, 0.3) is 5.91 Å². The number of rotatable bonds is 4. The van der Waals surface area contributed by atoms with Crippen LogP contribution >= 0.6 is 0 Å². The summed E-state index contributed by atoms with van der Waals surface area (Å²) >= 11 is 0. The first-order valence-corrected chi connectivity index (χ1v) is 10.6. The van der Waals surface area contributed by atoms with Gasteiger partial charge >= 0.3 is 0 Å². The molecule has 1 aliphatic carbocycles. The standard InChI is InChI=1S/C22H32N2O3/c23-18-10-13-26-21(15-18)16-8-11-24(12-9-16)22(25)17-4-3-7-20(14-17)27-19-5-1-2-6-19/h3-4,7,14,16,18-19,21H,1-2,5-6,8-13,15,23H2. The number of nitrogens with two attached hydrogens (primary N) is 1. The van der Waals surface area contributed by atoms with Gasteiger partial charge < -0.3 is 20.1 Å². The lowest BCUT2D eigenvalue weighted by Gasteiger charge is -2.38. The fourth-order valence-corrected chi connectivity index (χ4v) is 4.74. The second-order valence-corrected chi connectivity index (χ2v) is 8.38. The van der Waals surface area contributed by atoms with Crippen molar-refractivity contribution in [2.24, 2.45) is 11.7 Å². The second-order valence-electron chi connectivity index (χ2n) is 8.38. The van der Waals surface area contributed by atoms with Gasteiger partial charge in [-0.25, -0.2) is 0 Å². The Morgan fingerprint density at radius 2 is 1.89 bits per heavy atom. The molecule has 2 heterocycles. The zero-order chi connectivity index (χ0) is 18.6. The lowest BCUT2D eigenvalue weighted by molar-refractivity contribution is -0.0419. The summed E-state index contributed by atoms with van der Waals surface area (Å²) in [5.74, 6) is 1.47. The van der Waals surface area contributed by atoms with E-state index in [0.717, 1.165) is 69.5 Å². The van der Waals surface area contributed by atoms with E-state index in [0.29, 0.717) is 12.0 Å². The van der Waals surface area contributed by atoms with Crippen LogP contribution in [0.15, 0.2) is 24.3 Å². The number of likely N-dealkylation sites (tertiary alicyclic amines) is 1. The molecule has 27 heavy (non-hydrogen) atoms. The third kappa shape index (κ3) is 4.64. The van der Waals surface area contributed by atoms with Crippen molar-refractivity contribution in [3.63, 3.8) is 0 Å². The molecule has 5 heteroatoms. The Morgan fingerprint density at radius 3 is 2.63 bits per heavy atom. The van der Waals surface area contributed by atoms with E-state index in [1.807, 2.05) is 29.2 Å². The first kappa shape index (κ1) is 18.8. The van der Waals surface area contributed by atoms with Crippen molar-refractivity contribution < 1.29 is 14.3 Å². The third-order valence-corrected chi connectivity index (χ3v) is 6.39. The number of nitrogens with zero attached hydrogens (tertiary/aromatic N) is 1. The highest BCUT2D eigenvalue weighted by Gasteiger charge is 2.32. The smallest absolute Gasteiger partial charge is 0.253 e. The Balaban J connectivity index is 1.32. The Hall–Kier alpha value is -1.59. The van der Waals surface area contributed by atoms with Gasteiger partial charge in [-0.15, -0.1) is 0 Å². The molecule has 4 rings (SSSR count). The number of piperidine rings is 1. The molecule has 2 saturated heterocycles. The fourth-order valence-electron chi connectivity index (χ4n) is 4.74. The van der Waals surface area contributed by atoms with Gasteiger partial charge in [0, 0.05) is 31.3 Å². The molecule has 1 amide bonds. The molecule has 2 unspecified atom stereocenters. The number of amides is 1. The minimum absolute atomic E-state index is 0.117. The number of carbonyl (C=O) groups excluding carboxylic acids is 1. The molecule has 0 spiro atoms. The largest absolute Gasteiger partial charge is 0.490 e. The van der Waals surface area contributed by atoms with Gasteiger partial charge in [-0.2, -0.15) is 0 Å². The van der Waals surface area contributed by atoms with Crippen molar-refractivity contribution in [2.75, 3.05) is 19.7 Å². The summed E-state index contributed by atoms with van der Waals surface area (Å²) in [6.07, 6.45) is 9.25. The molecule has 5 nitrogen and oxygen atoms in total. The molecule has 2 aliphatic heterocycles. The molecule has 1 saturated carbocycles. The van der Waals surface area contributed by atoms with E-state index in [2.05, 4.69) is 0 Å². The quantitative estimate of drug-likeness (QED) is 0.880. The summed E-state index contributed by atoms with van der Waals surface area (Å²) in [6.45, 7) is 2.37. The van der Waals surface area contributed by atoms with Crippen molar-refractivity contribution in [1.29, 1.82) is 0 Å². The monoisotopic (exact) mass is 372 g/mol. The number of hydrogen-bond donors (Lipinski definition) is 1. The Kier molecular flexibility index (Phi) is 5.98. The molecule has 3 aliphatic rings. The summed E-state index contributed by atoms with van der Waals surface area (Å²) in [7, 11) is 0. The first-order chi connectivity index (χ1) is 13.2. The van der Waals surface area contributed by atoms with Gasteiger partial charge in [-0.1, -0.05) is 6.07 Å². The van der Waals surface area contributed by atoms with Gasteiger partial charge in [-0.3, -0.25) is 4.79 Å². The lowest BCUT2D eigenvalue weighted by atomic mass is 9.86. The molecule has 1 aromatic rings. The van der Waals surface area contributed by atoms with Crippen LogP contribution in [0.1, 0.15) is 61.7 Å². The van der Waals surface area contributed by atoms with Gasteiger partial charge in [0.2, 0.25) is 0 Å². The van der Waals surface area contributed by atoms with Crippen LogP contribution < -0.4 is 10.5 Å². The van der Waals surface area contributed by atoms with E-state index in [1.54, 1.807) is 0 Å². The molecule has 148 valence electrons. The molecule has 2 N–H and O–H groups in total. The zero-order valence-electron chi connectivity index (χ0n) is 16.1. The van der Waals surface area contributed by atoms with Crippen molar-refractivity contribution >= 4 is 5.91 Å². The van der Waals surface area contributed by atoms with E-state index in [9.17, 15) is 4.79 Å². The van der Waals surface area contributed by atoms with Crippen LogP contribution in [-0.2, 0) is 4.74 Å². The predicted molar refractivity (Wildman–Crippen MR) is 105 cm³/mol. The van der Waals surface area contributed by atoms with Gasteiger partial charge in [-0.05, 0) is 75.5 Å². The zero-order valence-corrected chi connectivity index (χ0v) is 16.1. The SMILES string of the molecule is NC1CCOC(C2CCN(C(=O)c3cccc(OC4CCCC4)c3)CC2)C1. The van der Waals surface area contributed by atoms with Gasteiger partial charge in [0.15, 0.2) is 0 Å². The van der Waals surface area contributed by atoms with Crippen molar-refractivity contribution in [3.05, 3.63) is 29.8 Å². The summed E-state index contributed by atoms with van der Waals surface area (Å²) in [6, 6.07) is 7.98. The van der Waals surface area contributed by atoms with Crippen LogP contribution in [0.25, 0.3) is 0 Å². The number of ether oxygens (including phenoxy) is 2. The summed E-state index contributed by atoms with van der Waals surface area (Å²) in [5.41, 5.74) is 6.84. The predicted octanol–water partition coefficient (Wildman–Crippen LogP) is 3.37. The normalized spacial score (nSPS) is 27.7. The summed E-state index contributed by atoms with van der Waals surface area (Å²) in [5, 5.41) is 0. The molecular formula is C22H32N2O3. The number of benzene rings is 1. The molecule has 1 aromatic carbocycles. The molecule has 0 aromatic heterocycles. The minimum Gasteiger partial charge on any atom is -0.490 e. The Labute approximate surface area is 162 Å². The Morgan fingerprint density at radius 1 is 1.11 bits per heavy atom. The van der Waals surface area contributed by atoms with Crippen LogP contribution in [0, 0.1) is 5.92 Å². The average Bonchev–Trinajstić information content (AvgIpc) is 3.21. The summed E-state index contributed by atoms with van der Waals surface area (Å²) < 4.78 is 12.0. The lowest BCUT2D eigenvalue weighted by Crippen LogP contribution is -2.45. The number of carbonyl (C=O) groups is 1.